The van der Waals surface area contributed by atoms with E-state index in [9.17, 15) is 9.90 Å². The first-order valence-electron chi connectivity index (χ1n) is 6.99. The van der Waals surface area contributed by atoms with Crippen LogP contribution in [0.25, 0.3) is 0 Å². The largest absolute Gasteiger partial charge is 0.492 e. The van der Waals surface area contributed by atoms with Crippen molar-refractivity contribution in [2.75, 3.05) is 19.8 Å². The number of benzene rings is 1. The van der Waals surface area contributed by atoms with Crippen LogP contribution in [0.5, 0.6) is 5.75 Å². The molecule has 0 radical (unpaired) electrons. The van der Waals surface area contributed by atoms with Gasteiger partial charge in [0.15, 0.2) is 0 Å². The maximum absolute atomic E-state index is 11.8. The van der Waals surface area contributed by atoms with E-state index in [1.165, 1.54) is 0 Å². The van der Waals surface area contributed by atoms with Gasteiger partial charge in [-0.25, -0.2) is 4.79 Å². The van der Waals surface area contributed by atoms with E-state index in [0.717, 1.165) is 18.6 Å². The van der Waals surface area contributed by atoms with Crippen molar-refractivity contribution in [1.29, 1.82) is 0 Å². The Hall–Kier alpha value is -1.75. The SMILES string of the molecule is CC(CO)(NC(=O)NCCOc1ccccc1)C1CC1. The fraction of sp³-hybridized carbons (Fsp3) is 0.533. The van der Waals surface area contributed by atoms with Crippen LogP contribution in [0.15, 0.2) is 30.3 Å². The molecule has 1 fully saturated rings. The molecule has 0 saturated heterocycles. The molecule has 1 aliphatic carbocycles. The topological polar surface area (TPSA) is 70.6 Å². The summed E-state index contributed by atoms with van der Waals surface area (Å²) in [5.41, 5.74) is -0.510. The van der Waals surface area contributed by atoms with Gasteiger partial charge in [-0.2, -0.15) is 0 Å². The molecule has 0 aromatic heterocycles. The summed E-state index contributed by atoms with van der Waals surface area (Å²) in [6.07, 6.45) is 2.13. The van der Waals surface area contributed by atoms with Crippen molar-refractivity contribution in [3.05, 3.63) is 30.3 Å². The molecule has 2 amide bonds. The van der Waals surface area contributed by atoms with E-state index in [-0.39, 0.29) is 12.6 Å². The first-order valence-corrected chi connectivity index (χ1v) is 6.99. The van der Waals surface area contributed by atoms with E-state index in [4.69, 9.17) is 4.74 Å². The zero-order valence-corrected chi connectivity index (χ0v) is 11.8. The third-order valence-electron chi connectivity index (χ3n) is 3.61. The lowest BCUT2D eigenvalue weighted by atomic mass is 9.97. The predicted octanol–water partition coefficient (Wildman–Crippen LogP) is 1.53. The summed E-state index contributed by atoms with van der Waals surface area (Å²) < 4.78 is 5.48. The monoisotopic (exact) mass is 278 g/mol. The molecule has 1 saturated carbocycles. The molecule has 1 aliphatic rings. The van der Waals surface area contributed by atoms with E-state index in [1.54, 1.807) is 0 Å². The zero-order chi connectivity index (χ0) is 14.4. The summed E-state index contributed by atoms with van der Waals surface area (Å²) in [4.78, 5) is 11.8. The van der Waals surface area contributed by atoms with Crippen LogP contribution in [-0.4, -0.2) is 36.4 Å². The highest BCUT2D eigenvalue weighted by atomic mass is 16.5. The Kier molecular flexibility index (Phi) is 4.84. The number of rotatable bonds is 7. The molecule has 110 valence electrons. The normalized spacial score (nSPS) is 17.1. The van der Waals surface area contributed by atoms with Gasteiger partial charge in [0, 0.05) is 0 Å². The van der Waals surface area contributed by atoms with Gasteiger partial charge in [-0.1, -0.05) is 18.2 Å². The third-order valence-corrected chi connectivity index (χ3v) is 3.61. The Morgan fingerprint density at radius 3 is 2.70 bits per heavy atom. The summed E-state index contributed by atoms with van der Waals surface area (Å²) >= 11 is 0. The molecule has 1 atom stereocenters. The minimum absolute atomic E-state index is 0.0361. The number of para-hydroxylation sites is 1. The lowest BCUT2D eigenvalue weighted by Crippen LogP contribution is -2.54. The van der Waals surface area contributed by atoms with Crippen LogP contribution in [0.3, 0.4) is 0 Å². The number of hydrogen-bond acceptors (Lipinski definition) is 3. The number of hydrogen-bond donors (Lipinski definition) is 3. The second-order valence-electron chi connectivity index (χ2n) is 5.39. The van der Waals surface area contributed by atoms with Crippen LogP contribution >= 0.6 is 0 Å². The molecule has 5 heteroatoms. The van der Waals surface area contributed by atoms with E-state index in [1.807, 2.05) is 37.3 Å². The highest BCUT2D eigenvalue weighted by Crippen LogP contribution is 2.39. The molecule has 2 rings (SSSR count). The summed E-state index contributed by atoms with van der Waals surface area (Å²) in [7, 11) is 0. The van der Waals surface area contributed by atoms with Gasteiger partial charge in [-0.05, 0) is 37.8 Å². The Balaban J connectivity index is 1.65. The number of ether oxygens (including phenoxy) is 1. The van der Waals surface area contributed by atoms with Crippen molar-refractivity contribution in [2.24, 2.45) is 5.92 Å². The number of aliphatic hydroxyl groups is 1. The molecule has 20 heavy (non-hydrogen) atoms. The first kappa shape index (κ1) is 14.7. The van der Waals surface area contributed by atoms with Crippen LogP contribution < -0.4 is 15.4 Å². The average molecular weight is 278 g/mol. The molecule has 0 spiro atoms. The van der Waals surface area contributed by atoms with Crippen LogP contribution in [-0.2, 0) is 0 Å². The highest BCUT2D eigenvalue weighted by Gasteiger charge is 2.42. The summed E-state index contributed by atoms with van der Waals surface area (Å²) in [6.45, 7) is 2.68. The van der Waals surface area contributed by atoms with Gasteiger partial charge in [0.2, 0.25) is 0 Å². The van der Waals surface area contributed by atoms with Crippen LogP contribution in [0.4, 0.5) is 4.79 Å². The summed E-state index contributed by atoms with van der Waals surface area (Å²) in [5, 5.41) is 15.0. The Labute approximate surface area is 119 Å². The fourth-order valence-electron chi connectivity index (χ4n) is 2.14. The van der Waals surface area contributed by atoms with Crippen molar-refractivity contribution >= 4 is 6.03 Å². The van der Waals surface area contributed by atoms with Crippen molar-refractivity contribution in [3.8, 4) is 5.75 Å². The molecule has 5 nitrogen and oxygen atoms in total. The number of nitrogens with one attached hydrogen (secondary N) is 2. The van der Waals surface area contributed by atoms with E-state index in [2.05, 4.69) is 10.6 Å². The lowest BCUT2D eigenvalue weighted by molar-refractivity contribution is 0.154. The second-order valence-corrected chi connectivity index (χ2v) is 5.39. The van der Waals surface area contributed by atoms with Crippen LogP contribution in [0.1, 0.15) is 19.8 Å². The van der Waals surface area contributed by atoms with Crippen molar-refractivity contribution in [2.45, 2.75) is 25.3 Å². The van der Waals surface area contributed by atoms with Gasteiger partial charge in [0.05, 0.1) is 18.7 Å². The first-order chi connectivity index (χ1) is 9.64. The number of carbonyl (C=O) groups excluding carboxylic acids is 1. The fourth-order valence-corrected chi connectivity index (χ4v) is 2.14. The smallest absolute Gasteiger partial charge is 0.315 e. The average Bonchev–Trinajstić information content (AvgIpc) is 3.29. The Bertz CT molecular complexity index is 434. The maximum atomic E-state index is 11.8. The number of carbonyl (C=O) groups is 1. The number of amides is 2. The van der Waals surface area contributed by atoms with Crippen molar-refractivity contribution < 1.29 is 14.6 Å². The molecule has 1 unspecified atom stereocenters. The van der Waals surface area contributed by atoms with Gasteiger partial charge in [0.1, 0.15) is 12.4 Å². The van der Waals surface area contributed by atoms with E-state index < -0.39 is 5.54 Å². The Morgan fingerprint density at radius 2 is 2.10 bits per heavy atom. The molecule has 0 heterocycles. The van der Waals surface area contributed by atoms with Gasteiger partial charge in [-0.3, -0.25) is 0 Å². The van der Waals surface area contributed by atoms with E-state index >= 15 is 0 Å². The van der Waals surface area contributed by atoms with Crippen LogP contribution in [0.2, 0.25) is 0 Å². The molecular weight excluding hydrogens is 256 g/mol. The van der Waals surface area contributed by atoms with Crippen molar-refractivity contribution in [3.63, 3.8) is 0 Å². The van der Waals surface area contributed by atoms with Crippen LogP contribution in [0, 0.1) is 5.92 Å². The zero-order valence-electron chi connectivity index (χ0n) is 11.8. The molecule has 1 aromatic rings. The minimum Gasteiger partial charge on any atom is -0.492 e. The molecule has 0 aliphatic heterocycles. The maximum Gasteiger partial charge on any atom is 0.315 e. The van der Waals surface area contributed by atoms with Gasteiger partial charge < -0.3 is 20.5 Å². The van der Waals surface area contributed by atoms with Gasteiger partial charge >= 0.3 is 6.03 Å². The quantitative estimate of drug-likeness (QED) is 0.662. The minimum atomic E-state index is -0.510. The highest BCUT2D eigenvalue weighted by molar-refractivity contribution is 5.74. The predicted molar refractivity (Wildman–Crippen MR) is 76.7 cm³/mol. The van der Waals surface area contributed by atoms with Gasteiger partial charge in [0.25, 0.3) is 0 Å². The molecular formula is C15H22N2O3. The molecule has 1 aromatic carbocycles. The summed E-state index contributed by atoms with van der Waals surface area (Å²) in [5.74, 6) is 1.17. The van der Waals surface area contributed by atoms with Crippen molar-refractivity contribution in [1.82, 2.24) is 10.6 Å². The standard InChI is InChI=1S/C15H22N2O3/c1-15(11-18,12-7-8-12)17-14(19)16-9-10-20-13-5-3-2-4-6-13/h2-6,12,18H,7-11H2,1H3,(H2,16,17,19). The summed E-state index contributed by atoms with van der Waals surface area (Å²) in [6, 6.07) is 9.21. The molecule has 3 N–H and O–H groups in total. The number of aliphatic hydroxyl groups excluding tert-OH is 1. The number of urea groups is 1. The third kappa shape index (κ3) is 4.13. The second kappa shape index (κ2) is 6.61. The van der Waals surface area contributed by atoms with E-state index in [0.29, 0.717) is 19.1 Å². The van der Waals surface area contributed by atoms with Gasteiger partial charge in [-0.15, -0.1) is 0 Å². The molecule has 0 bridgehead atoms. The lowest BCUT2D eigenvalue weighted by Gasteiger charge is -2.28. The Morgan fingerprint density at radius 1 is 1.40 bits per heavy atom.